The fraction of sp³-hybridized carbons (Fsp3) is 0.190. The number of benzene rings is 2. The smallest absolute Gasteiger partial charge is 0.355 e. The van der Waals surface area contributed by atoms with Gasteiger partial charge in [0.2, 0.25) is 5.95 Å². The van der Waals surface area contributed by atoms with E-state index in [9.17, 15) is 14.7 Å². The van der Waals surface area contributed by atoms with Gasteiger partial charge in [0.1, 0.15) is 17.5 Å². The number of anilines is 1. The molecule has 0 fully saturated rings. The number of hydrogen-bond acceptors (Lipinski definition) is 10. The highest BCUT2D eigenvalue weighted by Gasteiger charge is 2.39. The van der Waals surface area contributed by atoms with Gasteiger partial charge in [0.25, 0.3) is 0 Å². The molecule has 0 radical (unpaired) electrons. The van der Waals surface area contributed by atoms with Crippen molar-refractivity contribution >= 4 is 17.7 Å². The number of hydrogen-bond donors (Lipinski definition) is 2. The van der Waals surface area contributed by atoms with Crippen molar-refractivity contribution in [2.75, 3.05) is 26.6 Å². The highest BCUT2D eigenvalue weighted by molar-refractivity contribution is 6.15. The van der Waals surface area contributed by atoms with Gasteiger partial charge in [-0.25, -0.2) is 4.79 Å². The number of allylic oxidation sites excluding steroid dienone is 1. The second-order valence-corrected chi connectivity index (χ2v) is 6.75. The number of carbonyl (C=O) groups is 2. The Morgan fingerprint density at radius 1 is 1.09 bits per heavy atom. The first-order valence-electron chi connectivity index (χ1n) is 9.41. The molecule has 1 aliphatic rings. The van der Waals surface area contributed by atoms with Crippen LogP contribution in [-0.4, -0.2) is 58.4 Å². The van der Waals surface area contributed by atoms with Gasteiger partial charge in [0.05, 0.1) is 26.9 Å². The number of tetrazole rings is 1. The highest BCUT2D eigenvalue weighted by Crippen LogP contribution is 2.39. The molecule has 0 bridgehead atoms. The standard InChI is InChI=1S/C21H19N5O6/c1-30-13-6-4-5-12(9-13)19(28)16-17(20(29)32-3)22-21-23-24-25-26(21)18(16)11-7-8-14(27)15(10-11)31-2/h4-10,18,27H,1-3H3,(H,22,23,25)/t18-/m0/s1. The Morgan fingerprint density at radius 3 is 2.62 bits per heavy atom. The minimum Gasteiger partial charge on any atom is -0.504 e. The maximum atomic E-state index is 13.7. The molecule has 32 heavy (non-hydrogen) atoms. The maximum absolute atomic E-state index is 13.7. The minimum absolute atomic E-state index is 0.0534. The van der Waals surface area contributed by atoms with Gasteiger partial charge in [-0.3, -0.25) is 4.79 Å². The first-order chi connectivity index (χ1) is 15.5. The number of ether oxygens (including phenoxy) is 3. The van der Waals surface area contributed by atoms with Crippen LogP contribution in [0.2, 0.25) is 0 Å². The normalized spacial score (nSPS) is 14.9. The third-order valence-electron chi connectivity index (χ3n) is 5.00. The zero-order valence-corrected chi connectivity index (χ0v) is 17.4. The van der Waals surface area contributed by atoms with Crippen LogP contribution in [0.3, 0.4) is 0 Å². The SMILES string of the molecule is COC(=O)C1=C(C(=O)c2cccc(OC)c2)[C@H](c2ccc(O)c(OC)c2)n2nnnc2N1. The Labute approximate surface area is 182 Å². The van der Waals surface area contributed by atoms with E-state index in [0.717, 1.165) is 0 Å². The zero-order valence-electron chi connectivity index (χ0n) is 17.4. The number of fused-ring (bicyclic) bond motifs is 1. The van der Waals surface area contributed by atoms with Crippen molar-refractivity contribution in [3.63, 3.8) is 0 Å². The molecule has 1 atom stereocenters. The Kier molecular flexibility index (Phi) is 5.46. The molecular weight excluding hydrogens is 418 g/mol. The summed E-state index contributed by atoms with van der Waals surface area (Å²) in [5.41, 5.74) is 0.745. The lowest BCUT2D eigenvalue weighted by atomic mass is 9.89. The molecule has 11 heteroatoms. The van der Waals surface area contributed by atoms with Crippen molar-refractivity contribution in [1.82, 2.24) is 20.2 Å². The molecule has 4 rings (SSSR count). The van der Waals surface area contributed by atoms with E-state index < -0.39 is 17.8 Å². The topological polar surface area (TPSA) is 138 Å². The van der Waals surface area contributed by atoms with Crippen LogP contribution in [0.25, 0.3) is 0 Å². The summed E-state index contributed by atoms with van der Waals surface area (Å²) in [7, 11) is 4.10. The lowest BCUT2D eigenvalue weighted by Crippen LogP contribution is -2.33. The minimum atomic E-state index is -0.913. The quantitative estimate of drug-likeness (QED) is 0.433. The van der Waals surface area contributed by atoms with Gasteiger partial charge in [-0.05, 0) is 40.3 Å². The summed E-state index contributed by atoms with van der Waals surface area (Å²) in [6.07, 6.45) is 0. The van der Waals surface area contributed by atoms with Crippen LogP contribution in [0.4, 0.5) is 5.95 Å². The van der Waals surface area contributed by atoms with Crippen molar-refractivity contribution in [3.05, 3.63) is 64.9 Å². The lowest BCUT2D eigenvalue weighted by molar-refractivity contribution is -0.136. The number of ketones is 1. The molecular formula is C21H19N5O6. The molecule has 11 nitrogen and oxygen atoms in total. The molecule has 2 N–H and O–H groups in total. The molecule has 1 aromatic heterocycles. The van der Waals surface area contributed by atoms with Crippen LogP contribution >= 0.6 is 0 Å². The van der Waals surface area contributed by atoms with Crippen LogP contribution < -0.4 is 14.8 Å². The van der Waals surface area contributed by atoms with Gasteiger partial charge >= 0.3 is 5.97 Å². The van der Waals surface area contributed by atoms with E-state index in [0.29, 0.717) is 11.3 Å². The molecule has 0 saturated heterocycles. The Morgan fingerprint density at radius 2 is 1.91 bits per heavy atom. The number of nitrogens with zero attached hydrogens (tertiary/aromatic N) is 4. The van der Waals surface area contributed by atoms with E-state index in [1.54, 1.807) is 36.4 Å². The summed E-state index contributed by atoms with van der Waals surface area (Å²) in [6.45, 7) is 0. The predicted octanol–water partition coefficient (Wildman–Crippen LogP) is 1.72. The average Bonchev–Trinajstić information content (AvgIpc) is 3.30. The van der Waals surface area contributed by atoms with Crippen LogP contribution in [0.1, 0.15) is 22.0 Å². The third kappa shape index (κ3) is 3.49. The Balaban J connectivity index is 1.96. The van der Waals surface area contributed by atoms with Crippen LogP contribution in [0.5, 0.6) is 17.2 Å². The van der Waals surface area contributed by atoms with Crippen LogP contribution in [-0.2, 0) is 9.53 Å². The zero-order chi connectivity index (χ0) is 22.8. The monoisotopic (exact) mass is 437 g/mol. The number of esters is 1. The summed E-state index contributed by atoms with van der Waals surface area (Å²) in [5.74, 6) is -0.505. The molecule has 0 saturated carbocycles. The predicted molar refractivity (Wildman–Crippen MR) is 111 cm³/mol. The summed E-state index contributed by atoms with van der Waals surface area (Å²) < 4.78 is 16.7. The summed E-state index contributed by atoms with van der Waals surface area (Å²) in [5, 5.41) is 24.4. The third-order valence-corrected chi connectivity index (χ3v) is 5.00. The van der Waals surface area contributed by atoms with Gasteiger partial charge in [-0.2, -0.15) is 4.68 Å². The number of carbonyl (C=O) groups excluding carboxylic acids is 2. The maximum Gasteiger partial charge on any atom is 0.355 e. The van der Waals surface area contributed by atoms with E-state index in [2.05, 4.69) is 20.8 Å². The number of nitrogens with one attached hydrogen (secondary N) is 1. The number of phenols is 1. The number of rotatable bonds is 6. The van der Waals surface area contributed by atoms with Crippen molar-refractivity contribution in [2.24, 2.45) is 0 Å². The number of Topliss-reactive ketones (excluding diaryl/α,β-unsaturated/α-hetero) is 1. The van der Waals surface area contributed by atoms with E-state index >= 15 is 0 Å². The van der Waals surface area contributed by atoms with Gasteiger partial charge in [-0.15, -0.1) is 0 Å². The summed E-state index contributed by atoms with van der Waals surface area (Å²) >= 11 is 0. The van der Waals surface area contributed by atoms with Crippen molar-refractivity contribution < 1.29 is 28.9 Å². The van der Waals surface area contributed by atoms with Crippen molar-refractivity contribution in [2.45, 2.75) is 6.04 Å². The second-order valence-electron chi connectivity index (χ2n) is 6.75. The average molecular weight is 437 g/mol. The van der Waals surface area contributed by atoms with Gasteiger partial charge < -0.3 is 24.6 Å². The van der Waals surface area contributed by atoms with Crippen molar-refractivity contribution in [1.29, 1.82) is 0 Å². The molecule has 2 aromatic carbocycles. The first-order valence-corrected chi connectivity index (χ1v) is 9.41. The van der Waals surface area contributed by atoms with Gasteiger partial charge in [-0.1, -0.05) is 23.3 Å². The van der Waals surface area contributed by atoms with E-state index in [1.165, 1.54) is 32.1 Å². The van der Waals surface area contributed by atoms with Gasteiger partial charge in [0, 0.05) is 5.56 Å². The number of phenolic OH excluding ortho intramolecular Hbond substituents is 1. The molecule has 3 aromatic rings. The van der Waals surface area contributed by atoms with E-state index in [4.69, 9.17) is 14.2 Å². The fourth-order valence-electron chi connectivity index (χ4n) is 3.48. The lowest BCUT2D eigenvalue weighted by Gasteiger charge is -2.28. The molecule has 2 heterocycles. The first kappa shape index (κ1) is 20.8. The van der Waals surface area contributed by atoms with Crippen LogP contribution in [0.15, 0.2) is 53.7 Å². The van der Waals surface area contributed by atoms with Crippen molar-refractivity contribution in [3.8, 4) is 17.2 Å². The fourth-order valence-corrected chi connectivity index (χ4v) is 3.48. The number of aromatic nitrogens is 4. The Hall–Kier alpha value is -4.41. The molecule has 1 aliphatic heterocycles. The Bertz CT molecular complexity index is 1230. The second kappa shape index (κ2) is 8.38. The highest BCUT2D eigenvalue weighted by atomic mass is 16.5. The van der Waals surface area contributed by atoms with E-state index in [-0.39, 0.29) is 34.3 Å². The molecule has 0 unspecified atom stereocenters. The molecule has 164 valence electrons. The van der Waals surface area contributed by atoms with Gasteiger partial charge in [0.15, 0.2) is 17.3 Å². The van der Waals surface area contributed by atoms with Crippen LogP contribution in [0, 0.1) is 0 Å². The number of methoxy groups -OCH3 is 3. The largest absolute Gasteiger partial charge is 0.504 e. The van der Waals surface area contributed by atoms with E-state index in [1.807, 2.05) is 0 Å². The molecule has 0 spiro atoms. The summed E-state index contributed by atoms with van der Waals surface area (Å²) in [4.78, 5) is 26.4. The molecule has 0 aliphatic carbocycles. The summed E-state index contributed by atoms with van der Waals surface area (Å²) in [6, 6.07) is 10.2. The number of aromatic hydroxyl groups is 1. The molecule has 0 amide bonds.